The largest absolute Gasteiger partial charge is 0.421 e. The first-order valence-electron chi connectivity index (χ1n) is 6.12. The first-order valence-corrected chi connectivity index (χ1v) is 7.26. The second-order valence-electron chi connectivity index (χ2n) is 4.33. The van der Waals surface area contributed by atoms with Gasteiger partial charge in [0.25, 0.3) is 0 Å². The molecule has 0 spiro atoms. The summed E-state index contributed by atoms with van der Waals surface area (Å²) in [5, 5.41) is 1.52. The van der Waals surface area contributed by atoms with Crippen LogP contribution < -0.4 is 4.74 Å². The van der Waals surface area contributed by atoms with E-state index in [1.165, 1.54) is 12.3 Å². The van der Waals surface area contributed by atoms with Gasteiger partial charge < -0.3 is 4.74 Å². The number of hydrogen-bond donors (Lipinski definition) is 0. The Morgan fingerprint density at radius 3 is 2.64 bits per heavy atom. The highest BCUT2D eigenvalue weighted by Crippen LogP contribution is 2.30. The van der Waals surface area contributed by atoms with Crippen LogP contribution in [0.25, 0.3) is 10.9 Å². The molecule has 0 radical (unpaired) electrons. The van der Waals surface area contributed by atoms with E-state index >= 15 is 0 Å². The fraction of sp³-hybridized carbons (Fsp3) is 0. The zero-order valence-corrected chi connectivity index (χ0v) is 13.2. The molecule has 7 heteroatoms. The van der Waals surface area contributed by atoms with Crippen LogP contribution in [-0.4, -0.2) is 15.9 Å². The summed E-state index contributed by atoms with van der Waals surface area (Å²) in [5.41, 5.74) is 0.685. The third kappa shape index (κ3) is 2.86. The molecule has 0 bridgehead atoms. The lowest BCUT2D eigenvalue weighted by Crippen LogP contribution is -2.09. The van der Waals surface area contributed by atoms with E-state index in [4.69, 9.17) is 39.5 Å². The number of aromatic nitrogens is 2. The zero-order chi connectivity index (χ0) is 15.7. The number of halogens is 3. The Morgan fingerprint density at radius 2 is 1.86 bits per heavy atom. The van der Waals surface area contributed by atoms with Gasteiger partial charge >= 0.3 is 5.97 Å². The lowest BCUT2D eigenvalue weighted by Gasteiger charge is -2.08. The van der Waals surface area contributed by atoms with Crippen LogP contribution >= 0.6 is 34.8 Å². The molecule has 0 N–H and O–H groups in total. The molecule has 0 fully saturated rings. The molecule has 0 saturated heterocycles. The molecular weight excluding hydrogens is 347 g/mol. The van der Waals surface area contributed by atoms with E-state index in [1.807, 2.05) is 0 Å². The number of pyridine rings is 2. The van der Waals surface area contributed by atoms with Crippen molar-refractivity contribution < 1.29 is 9.53 Å². The summed E-state index contributed by atoms with van der Waals surface area (Å²) in [5.74, 6) is -0.309. The summed E-state index contributed by atoms with van der Waals surface area (Å²) >= 11 is 17.7. The van der Waals surface area contributed by atoms with Gasteiger partial charge in [-0.1, -0.05) is 34.8 Å². The lowest BCUT2D eigenvalue weighted by molar-refractivity contribution is 0.0736. The smallest absolute Gasteiger partial charge is 0.345 e. The Bertz CT molecular complexity index is 884. The number of benzene rings is 1. The topological polar surface area (TPSA) is 52.1 Å². The second-order valence-corrected chi connectivity index (χ2v) is 5.50. The SMILES string of the molecule is O=C(Oc1ccc(Cl)c2cccnc12)c1cnc(Cl)c(Cl)c1. The highest BCUT2D eigenvalue weighted by molar-refractivity contribution is 6.41. The quantitative estimate of drug-likeness (QED) is 0.377. The second kappa shape index (κ2) is 6.08. The maximum Gasteiger partial charge on any atom is 0.345 e. The highest BCUT2D eigenvalue weighted by Gasteiger charge is 2.14. The molecule has 0 aliphatic carbocycles. The number of hydrogen-bond acceptors (Lipinski definition) is 4. The van der Waals surface area contributed by atoms with Crippen molar-refractivity contribution in [1.29, 1.82) is 0 Å². The van der Waals surface area contributed by atoms with Crippen LogP contribution in [0.2, 0.25) is 15.2 Å². The Morgan fingerprint density at radius 1 is 1.05 bits per heavy atom. The van der Waals surface area contributed by atoms with Gasteiger partial charge in [0, 0.05) is 17.8 Å². The van der Waals surface area contributed by atoms with Gasteiger partial charge in [-0.05, 0) is 30.3 Å². The minimum absolute atomic E-state index is 0.122. The van der Waals surface area contributed by atoms with E-state index in [1.54, 1.807) is 30.5 Å². The molecule has 0 saturated carbocycles. The molecule has 0 amide bonds. The molecule has 0 unspecified atom stereocenters. The number of rotatable bonds is 2. The monoisotopic (exact) mass is 352 g/mol. The van der Waals surface area contributed by atoms with E-state index in [0.717, 1.165) is 0 Å². The zero-order valence-electron chi connectivity index (χ0n) is 10.9. The predicted octanol–water partition coefficient (Wildman–Crippen LogP) is 4.81. The van der Waals surface area contributed by atoms with Gasteiger partial charge in [-0.25, -0.2) is 9.78 Å². The third-order valence-electron chi connectivity index (χ3n) is 2.91. The van der Waals surface area contributed by atoms with Crippen molar-refractivity contribution in [3.63, 3.8) is 0 Å². The van der Waals surface area contributed by atoms with Gasteiger partial charge in [-0.3, -0.25) is 4.98 Å². The number of ether oxygens (including phenoxy) is 1. The molecule has 3 rings (SSSR count). The van der Waals surface area contributed by atoms with Gasteiger partial charge in [-0.15, -0.1) is 0 Å². The van der Waals surface area contributed by atoms with Crippen molar-refractivity contribution in [3.8, 4) is 5.75 Å². The highest BCUT2D eigenvalue weighted by atomic mass is 35.5. The van der Waals surface area contributed by atoms with Crippen LogP contribution in [0, 0.1) is 0 Å². The van der Waals surface area contributed by atoms with Gasteiger partial charge in [0.1, 0.15) is 10.7 Å². The van der Waals surface area contributed by atoms with Crippen molar-refractivity contribution in [2.75, 3.05) is 0 Å². The standard InChI is InChI=1S/C15H7Cl3N2O2/c16-10-3-4-12(13-9(10)2-1-5-19-13)22-15(21)8-6-11(17)14(18)20-7-8/h1-7H. The molecule has 2 heterocycles. The van der Waals surface area contributed by atoms with Gasteiger partial charge in [0.05, 0.1) is 15.6 Å². The first-order chi connectivity index (χ1) is 10.6. The molecule has 1 aromatic carbocycles. The average molecular weight is 354 g/mol. The summed E-state index contributed by atoms with van der Waals surface area (Å²) in [4.78, 5) is 20.2. The van der Waals surface area contributed by atoms with Crippen LogP contribution in [0.1, 0.15) is 10.4 Å². The molecule has 22 heavy (non-hydrogen) atoms. The van der Waals surface area contributed by atoms with E-state index in [0.29, 0.717) is 21.7 Å². The van der Waals surface area contributed by atoms with Crippen molar-refractivity contribution in [3.05, 3.63) is 63.5 Å². The predicted molar refractivity (Wildman–Crippen MR) is 86.0 cm³/mol. The van der Waals surface area contributed by atoms with E-state index in [-0.39, 0.29) is 15.7 Å². The normalized spacial score (nSPS) is 10.7. The Hall–Kier alpha value is -1.88. The van der Waals surface area contributed by atoms with E-state index < -0.39 is 5.97 Å². The number of nitrogens with zero attached hydrogens (tertiary/aromatic N) is 2. The van der Waals surface area contributed by atoms with Crippen molar-refractivity contribution in [1.82, 2.24) is 9.97 Å². The summed E-state index contributed by atoms with van der Waals surface area (Å²) in [6, 6.07) is 8.16. The molecule has 0 aliphatic rings. The van der Waals surface area contributed by atoms with Crippen molar-refractivity contribution in [2.24, 2.45) is 0 Å². The molecule has 0 atom stereocenters. The van der Waals surface area contributed by atoms with Crippen LogP contribution in [0.15, 0.2) is 42.7 Å². The van der Waals surface area contributed by atoms with Crippen molar-refractivity contribution in [2.45, 2.75) is 0 Å². The maximum atomic E-state index is 12.2. The number of fused-ring (bicyclic) bond motifs is 1. The van der Waals surface area contributed by atoms with Crippen LogP contribution in [0.5, 0.6) is 5.75 Å². The Labute approximate surface area is 140 Å². The molecular formula is C15H7Cl3N2O2. The minimum atomic E-state index is -0.611. The lowest BCUT2D eigenvalue weighted by atomic mass is 10.2. The van der Waals surface area contributed by atoms with Gasteiger partial charge in [0.2, 0.25) is 0 Å². The Kier molecular flexibility index (Phi) is 4.16. The first kappa shape index (κ1) is 15.0. The van der Waals surface area contributed by atoms with Gasteiger partial charge in [0.15, 0.2) is 5.75 Å². The number of carbonyl (C=O) groups excluding carboxylic acids is 1. The average Bonchev–Trinajstić information content (AvgIpc) is 2.53. The summed E-state index contributed by atoms with van der Waals surface area (Å²) in [6.07, 6.45) is 2.89. The summed E-state index contributed by atoms with van der Waals surface area (Å²) in [7, 11) is 0. The maximum absolute atomic E-state index is 12.2. The summed E-state index contributed by atoms with van der Waals surface area (Å²) in [6.45, 7) is 0. The number of esters is 1. The van der Waals surface area contributed by atoms with E-state index in [9.17, 15) is 4.79 Å². The molecule has 0 aliphatic heterocycles. The third-order valence-corrected chi connectivity index (χ3v) is 3.93. The minimum Gasteiger partial charge on any atom is -0.421 e. The van der Waals surface area contributed by atoms with Crippen LogP contribution in [-0.2, 0) is 0 Å². The van der Waals surface area contributed by atoms with Crippen molar-refractivity contribution >= 4 is 51.7 Å². The summed E-state index contributed by atoms with van der Waals surface area (Å²) < 4.78 is 5.36. The molecule has 3 aromatic rings. The fourth-order valence-corrected chi connectivity index (χ4v) is 2.37. The fourth-order valence-electron chi connectivity index (χ4n) is 1.89. The molecule has 2 aromatic heterocycles. The van der Waals surface area contributed by atoms with Gasteiger partial charge in [-0.2, -0.15) is 0 Å². The molecule has 4 nitrogen and oxygen atoms in total. The number of carbonyl (C=O) groups is 1. The van der Waals surface area contributed by atoms with E-state index in [2.05, 4.69) is 9.97 Å². The van der Waals surface area contributed by atoms with Crippen LogP contribution in [0.3, 0.4) is 0 Å². The Balaban J connectivity index is 1.98. The van der Waals surface area contributed by atoms with Crippen LogP contribution in [0.4, 0.5) is 0 Å². The molecule has 110 valence electrons.